The first-order valence-corrected chi connectivity index (χ1v) is 6.92. The van der Waals surface area contributed by atoms with Crippen LogP contribution in [0.5, 0.6) is 0 Å². The molecule has 0 fully saturated rings. The molecule has 0 radical (unpaired) electrons. The molecule has 118 valence electrons. The summed E-state index contributed by atoms with van der Waals surface area (Å²) in [6.07, 6.45) is -3.79. The van der Waals surface area contributed by atoms with Gasteiger partial charge >= 0.3 is 6.30 Å². The van der Waals surface area contributed by atoms with Crippen LogP contribution in [0.1, 0.15) is 11.1 Å². The van der Waals surface area contributed by atoms with E-state index >= 15 is 0 Å². The van der Waals surface area contributed by atoms with Gasteiger partial charge in [-0.3, -0.25) is 9.69 Å². The number of nitrogens with one attached hydrogen (secondary N) is 1. The second-order valence-corrected chi connectivity index (χ2v) is 5.17. The van der Waals surface area contributed by atoms with Crippen molar-refractivity contribution in [3.05, 3.63) is 65.9 Å². The summed E-state index contributed by atoms with van der Waals surface area (Å²) < 4.78 is 40.5. The first kappa shape index (κ1) is 15.1. The van der Waals surface area contributed by atoms with E-state index in [0.29, 0.717) is 16.8 Å². The third kappa shape index (κ3) is 2.79. The Morgan fingerprint density at radius 2 is 1.70 bits per heavy atom. The molecule has 3 nitrogen and oxygen atoms in total. The highest BCUT2D eigenvalue weighted by atomic mass is 19.4. The van der Waals surface area contributed by atoms with Crippen molar-refractivity contribution < 1.29 is 18.0 Å². The summed E-state index contributed by atoms with van der Waals surface area (Å²) in [6.45, 7) is 1.59. The van der Waals surface area contributed by atoms with Gasteiger partial charge in [-0.05, 0) is 24.6 Å². The van der Waals surface area contributed by atoms with Gasteiger partial charge in [0.05, 0.1) is 11.3 Å². The standard InChI is InChI=1S/C17H13F3N2O/c1-11-6-2-5-9-15(11)22(17(18,19)20)10-13-12-7-3-4-8-14(12)21-16(13)23/h2-10H,1H3,(H,21,23). The number of hydrogen-bond donors (Lipinski definition) is 1. The van der Waals surface area contributed by atoms with Crippen molar-refractivity contribution in [2.45, 2.75) is 13.2 Å². The molecule has 3 rings (SSSR count). The maximum Gasteiger partial charge on any atom is 0.488 e. The molecule has 0 unspecified atom stereocenters. The maximum absolute atomic E-state index is 13.5. The highest BCUT2D eigenvalue weighted by Gasteiger charge is 2.38. The number of carbonyl (C=O) groups is 1. The molecular weight excluding hydrogens is 305 g/mol. The van der Waals surface area contributed by atoms with Crippen LogP contribution in [0.25, 0.3) is 5.57 Å². The second kappa shape index (κ2) is 5.46. The fourth-order valence-corrected chi connectivity index (χ4v) is 2.51. The van der Waals surface area contributed by atoms with Crippen LogP contribution in [0.2, 0.25) is 0 Å². The summed E-state index contributed by atoms with van der Waals surface area (Å²) in [7, 11) is 0. The van der Waals surface area contributed by atoms with Gasteiger partial charge < -0.3 is 5.32 Å². The van der Waals surface area contributed by atoms with Gasteiger partial charge in [0.25, 0.3) is 5.91 Å². The molecule has 0 saturated heterocycles. The Balaban J connectivity index is 2.13. The van der Waals surface area contributed by atoms with E-state index in [-0.39, 0.29) is 16.2 Å². The van der Waals surface area contributed by atoms with Gasteiger partial charge in [0.1, 0.15) is 0 Å². The van der Waals surface area contributed by atoms with Gasteiger partial charge in [-0.15, -0.1) is 13.2 Å². The third-order valence-electron chi connectivity index (χ3n) is 3.62. The zero-order valence-electron chi connectivity index (χ0n) is 12.2. The van der Waals surface area contributed by atoms with Crippen molar-refractivity contribution in [3.8, 4) is 0 Å². The van der Waals surface area contributed by atoms with Crippen LogP contribution >= 0.6 is 0 Å². The van der Waals surface area contributed by atoms with Gasteiger partial charge in [0.2, 0.25) is 0 Å². The monoisotopic (exact) mass is 318 g/mol. The molecule has 23 heavy (non-hydrogen) atoms. The summed E-state index contributed by atoms with van der Waals surface area (Å²) in [5.74, 6) is -0.547. The third-order valence-corrected chi connectivity index (χ3v) is 3.62. The van der Waals surface area contributed by atoms with E-state index in [9.17, 15) is 18.0 Å². The largest absolute Gasteiger partial charge is 0.488 e. The van der Waals surface area contributed by atoms with Crippen molar-refractivity contribution in [2.75, 3.05) is 10.2 Å². The molecule has 1 amide bonds. The predicted molar refractivity (Wildman–Crippen MR) is 82.8 cm³/mol. The number of hydrogen-bond acceptors (Lipinski definition) is 2. The number of carbonyl (C=O) groups excluding carboxylic acids is 1. The lowest BCUT2D eigenvalue weighted by molar-refractivity contribution is -0.122. The smallest absolute Gasteiger partial charge is 0.321 e. The Labute approximate surface area is 131 Å². The Hall–Kier alpha value is -2.76. The summed E-state index contributed by atoms with van der Waals surface area (Å²) in [4.78, 5) is 12.2. The Bertz CT molecular complexity index is 796. The predicted octanol–water partition coefficient (Wildman–Crippen LogP) is 4.31. The zero-order chi connectivity index (χ0) is 16.6. The average molecular weight is 318 g/mol. The van der Waals surface area contributed by atoms with Gasteiger partial charge in [-0.2, -0.15) is 0 Å². The van der Waals surface area contributed by atoms with Crippen LogP contribution < -0.4 is 10.2 Å². The van der Waals surface area contributed by atoms with Gasteiger partial charge in [-0.1, -0.05) is 36.4 Å². The summed E-state index contributed by atoms with van der Waals surface area (Å²) in [5, 5.41) is 2.57. The minimum atomic E-state index is -4.64. The first-order valence-electron chi connectivity index (χ1n) is 6.92. The van der Waals surface area contributed by atoms with E-state index in [1.54, 1.807) is 43.3 Å². The Morgan fingerprint density at radius 3 is 2.39 bits per heavy atom. The number of amides is 1. The first-order chi connectivity index (χ1) is 10.9. The average Bonchev–Trinajstić information content (AvgIpc) is 2.80. The Morgan fingerprint density at radius 1 is 1.04 bits per heavy atom. The molecule has 6 heteroatoms. The van der Waals surface area contributed by atoms with Crippen molar-refractivity contribution in [1.29, 1.82) is 0 Å². The zero-order valence-corrected chi connectivity index (χ0v) is 12.2. The van der Waals surface area contributed by atoms with Crippen LogP contribution in [0.15, 0.2) is 54.7 Å². The normalized spacial score (nSPS) is 15.5. The highest BCUT2D eigenvalue weighted by Crippen LogP contribution is 2.36. The summed E-state index contributed by atoms with van der Waals surface area (Å²) in [6, 6.07) is 12.8. The fourth-order valence-electron chi connectivity index (χ4n) is 2.51. The topological polar surface area (TPSA) is 32.3 Å². The van der Waals surface area contributed by atoms with E-state index in [0.717, 1.165) is 6.20 Å². The minimum absolute atomic E-state index is 0.00955. The van der Waals surface area contributed by atoms with Gasteiger partial charge in [0.15, 0.2) is 0 Å². The number of fused-ring (bicyclic) bond motifs is 1. The molecule has 0 spiro atoms. The summed E-state index contributed by atoms with van der Waals surface area (Å²) >= 11 is 0. The van der Waals surface area contributed by atoms with Crippen LogP contribution in [0.4, 0.5) is 24.5 Å². The molecule has 2 aromatic rings. The SMILES string of the molecule is Cc1ccccc1N(C=C1C(=O)Nc2ccccc21)C(F)(F)F. The molecule has 1 heterocycles. The van der Waals surface area contributed by atoms with Crippen LogP contribution in [0, 0.1) is 6.92 Å². The van der Waals surface area contributed by atoms with E-state index in [4.69, 9.17) is 0 Å². The molecular formula is C17H13F3N2O. The molecule has 1 aliphatic rings. The number of para-hydroxylation sites is 2. The number of nitrogens with zero attached hydrogens (tertiary/aromatic N) is 1. The molecule has 0 bridgehead atoms. The van der Waals surface area contributed by atoms with Gasteiger partial charge in [0, 0.05) is 17.5 Å². The molecule has 1 aliphatic heterocycles. The number of rotatable bonds is 2. The van der Waals surface area contributed by atoms with E-state index in [2.05, 4.69) is 5.32 Å². The van der Waals surface area contributed by atoms with Crippen molar-refractivity contribution in [2.24, 2.45) is 0 Å². The number of anilines is 2. The lowest BCUT2D eigenvalue weighted by Crippen LogP contribution is -2.34. The quantitative estimate of drug-likeness (QED) is 0.661. The summed E-state index contributed by atoms with van der Waals surface area (Å²) in [5.41, 5.74) is 1.41. The minimum Gasteiger partial charge on any atom is -0.321 e. The van der Waals surface area contributed by atoms with Crippen molar-refractivity contribution in [1.82, 2.24) is 0 Å². The van der Waals surface area contributed by atoms with E-state index in [1.165, 1.54) is 12.1 Å². The number of benzene rings is 2. The second-order valence-electron chi connectivity index (χ2n) is 5.17. The Kier molecular flexibility index (Phi) is 3.60. The molecule has 0 aliphatic carbocycles. The molecule has 0 saturated carbocycles. The fraction of sp³-hybridized carbons (Fsp3) is 0.118. The molecule has 0 aromatic heterocycles. The van der Waals surface area contributed by atoms with Crippen molar-refractivity contribution in [3.63, 3.8) is 0 Å². The van der Waals surface area contributed by atoms with Crippen LogP contribution in [0.3, 0.4) is 0 Å². The molecule has 2 aromatic carbocycles. The van der Waals surface area contributed by atoms with Crippen molar-refractivity contribution >= 4 is 22.9 Å². The molecule has 1 N–H and O–H groups in total. The van der Waals surface area contributed by atoms with E-state index in [1.807, 2.05) is 0 Å². The van der Waals surface area contributed by atoms with E-state index < -0.39 is 12.2 Å². The van der Waals surface area contributed by atoms with Crippen LogP contribution in [-0.2, 0) is 4.79 Å². The maximum atomic E-state index is 13.5. The highest BCUT2D eigenvalue weighted by molar-refractivity contribution is 6.31. The number of halogens is 3. The lowest BCUT2D eigenvalue weighted by Gasteiger charge is -2.25. The van der Waals surface area contributed by atoms with Gasteiger partial charge in [-0.25, -0.2) is 0 Å². The lowest BCUT2D eigenvalue weighted by atomic mass is 10.1. The molecule has 0 atom stereocenters. The number of alkyl halides is 3. The number of aryl methyl sites for hydroxylation is 1. The van der Waals surface area contributed by atoms with Crippen LogP contribution in [-0.4, -0.2) is 12.2 Å².